The van der Waals surface area contributed by atoms with Crippen molar-refractivity contribution in [1.29, 1.82) is 0 Å². The molecule has 1 aromatic heterocycles. The van der Waals surface area contributed by atoms with Crippen LogP contribution in [0.1, 0.15) is 0 Å². The summed E-state index contributed by atoms with van der Waals surface area (Å²) in [6, 6.07) is 20.5. The van der Waals surface area contributed by atoms with Crippen LogP contribution in [0.5, 0.6) is 0 Å². The predicted octanol–water partition coefficient (Wildman–Crippen LogP) is 3.64. The van der Waals surface area contributed by atoms with E-state index in [-0.39, 0.29) is 17.3 Å². The van der Waals surface area contributed by atoms with Crippen molar-refractivity contribution in [3.8, 4) is 11.4 Å². The molecule has 1 heterocycles. The molecule has 0 fully saturated rings. The van der Waals surface area contributed by atoms with E-state index in [1.807, 2.05) is 42.5 Å². The molecule has 1 amide bonds. The first kappa shape index (κ1) is 20.1. The molecule has 0 unspecified atom stereocenters. The Kier molecular flexibility index (Phi) is 5.29. The number of primary sulfonamides is 1. The van der Waals surface area contributed by atoms with Gasteiger partial charge in [-0.3, -0.25) is 4.79 Å². The summed E-state index contributed by atoms with van der Waals surface area (Å²) in [7, 11) is -3.87. The van der Waals surface area contributed by atoms with Crippen molar-refractivity contribution in [2.75, 3.05) is 5.32 Å². The summed E-state index contributed by atoms with van der Waals surface area (Å²) in [4.78, 5) is 17.4. The molecule has 7 nitrogen and oxygen atoms in total. The maximum absolute atomic E-state index is 12.8. The average Bonchev–Trinajstić information content (AvgIpc) is 3.06. The third-order valence-electron chi connectivity index (χ3n) is 4.52. The van der Waals surface area contributed by atoms with Crippen molar-refractivity contribution in [3.05, 3.63) is 77.8 Å². The van der Waals surface area contributed by atoms with Crippen molar-refractivity contribution in [2.45, 2.75) is 11.4 Å². The molecule has 4 aromatic rings. The second-order valence-corrected chi connectivity index (χ2v) is 8.58. The van der Waals surface area contributed by atoms with E-state index in [4.69, 9.17) is 16.7 Å². The maximum Gasteiger partial charge on any atom is 0.244 e. The first-order valence-electron chi connectivity index (χ1n) is 8.96. The highest BCUT2D eigenvalue weighted by Gasteiger charge is 2.17. The first-order valence-corrected chi connectivity index (χ1v) is 10.9. The van der Waals surface area contributed by atoms with E-state index < -0.39 is 10.0 Å². The highest BCUT2D eigenvalue weighted by atomic mass is 35.5. The van der Waals surface area contributed by atoms with Crippen molar-refractivity contribution in [3.63, 3.8) is 0 Å². The van der Waals surface area contributed by atoms with Crippen LogP contribution in [-0.4, -0.2) is 23.9 Å². The number of amides is 1. The zero-order chi connectivity index (χ0) is 21.3. The number of nitrogens with two attached hydrogens (primary N) is 1. The number of nitrogens with zero attached hydrogens (tertiary/aromatic N) is 2. The Morgan fingerprint density at radius 3 is 2.53 bits per heavy atom. The number of aromatic nitrogens is 2. The van der Waals surface area contributed by atoms with Crippen LogP contribution >= 0.6 is 11.6 Å². The van der Waals surface area contributed by atoms with Gasteiger partial charge in [-0.15, -0.1) is 0 Å². The molecule has 0 aliphatic carbocycles. The molecule has 0 aliphatic heterocycles. The zero-order valence-electron chi connectivity index (χ0n) is 15.6. The van der Waals surface area contributed by atoms with Crippen LogP contribution in [-0.2, 0) is 21.4 Å². The smallest absolute Gasteiger partial charge is 0.244 e. The minimum absolute atomic E-state index is 0.0410. The molecular weight excluding hydrogens is 424 g/mol. The predicted molar refractivity (Wildman–Crippen MR) is 117 cm³/mol. The Bertz CT molecular complexity index is 1370. The topological polar surface area (TPSA) is 107 Å². The van der Waals surface area contributed by atoms with Gasteiger partial charge < -0.3 is 9.88 Å². The molecule has 0 bridgehead atoms. The summed E-state index contributed by atoms with van der Waals surface area (Å²) >= 11 is 6.36. The standard InChI is InChI=1S/C21H17ClN4O3S/c22-17-9-2-1-8-16(17)21-25-18-10-3-4-11-19(18)26(21)13-20(27)24-14-6-5-7-15(12-14)30(23,28)29/h1-12H,13H2,(H,24,27)(H2,23,28,29). The van der Waals surface area contributed by atoms with Crippen LogP contribution in [0.25, 0.3) is 22.4 Å². The number of nitrogens with one attached hydrogen (secondary N) is 1. The van der Waals surface area contributed by atoms with Gasteiger partial charge in [-0.05, 0) is 42.5 Å². The normalized spacial score (nSPS) is 11.5. The first-order chi connectivity index (χ1) is 14.3. The summed E-state index contributed by atoms with van der Waals surface area (Å²) in [5, 5.41) is 8.40. The lowest BCUT2D eigenvalue weighted by atomic mass is 10.2. The fraction of sp³-hybridized carbons (Fsp3) is 0.0476. The molecule has 4 rings (SSSR count). The van der Waals surface area contributed by atoms with Crippen molar-refractivity contribution >= 4 is 44.3 Å². The van der Waals surface area contributed by atoms with Crippen LogP contribution in [0.4, 0.5) is 5.69 Å². The zero-order valence-corrected chi connectivity index (χ0v) is 17.2. The summed E-state index contributed by atoms with van der Waals surface area (Å²) in [6.45, 7) is -0.0410. The molecule has 30 heavy (non-hydrogen) atoms. The van der Waals surface area contributed by atoms with Crippen molar-refractivity contribution in [2.24, 2.45) is 5.14 Å². The summed E-state index contributed by atoms with van der Waals surface area (Å²) < 4.78 is 24.9. The Morgan fingerprint density at radius 1 is 1.03 bits per heavy atom. The van der Waals surface area contributed by atoms with E-state index in [1.54, 1.807) is 16.7 Å². The second kappa shape index (κ2) is 7.91. The van der Waals surface area contributed by atoms with Gasteiger partial charge in [0, 0.05) is 11.3 Å². The average molecular weight is 441 g/mol. The van der Waals surface area contributed by atoms with Crippen molar-refractivity contribution < 1.29 is 13.2 Å². The number of sulfonamides is 1. The van der Waals surface area contributed by atoms with Gasteiger partial charge in [0.05, 0.1) is 21.0 Å². The van der Waals surface area contributed by atoms with Crippen LogP contribution in [0, 0.1) is 0 Å². The van der Waals surface area contributed by atoms with Gasteiger partial charge >= 0.3 is 0 Å². The van der Waals surface area contributed by atoms with Gasteiger partial charge in [-0.25, -0.2) is 18.5 Å². The molecular formula is C21H17ClN4O3S. The van der Waals surface area contributed by atoms with E-state index in [0.29, 0.717) is 22.1 Å². The van der Waals surface area contributed by atoms with Crippen LogP contribution in [0.2, 0.25) is 5.02 Å². The minimum atomic E-state index is -3.87. The van der Waals surface area contributed by atoms with Gasteiger partial charge in [0.2, 0.25) is 15.9 Å². The highest BCUT2D eigenvalue weighted by Crippen LogP contribution is 2.30. The molecule has 0 aliphatic rings. The maximum atomic E-state index is 12.8. The number of para-hydroxylation sites is 2. The molecule has 9 heteroatoms. The lowest BCUT2D eigenvalue weighted by Crippen LogP contribution is -2.20. The molecule has 0 saturated carbocycles. The van der Waals surface area contributed by atoms with E-state index >= 15 is 0 Å². The molecule has 0 atom stereocenters. The SMILES string of the molecule is NS(=O)(=O)c1cccc(NC(=O)Cn2c(-c3ccccc3Cl)nc3ccccc32)c1. The number of carbonyl (C=O) groups is 1. The molecule has 0 spiro atoms. The quantitative estimate of drug-likeness (QED) is 0.494. The van der Waals surface area contributed by atoms with Gasteiger partial charge in [0.1, 0.15) is 12.4 Å². The number of rotatable bonds is 5. The fourth-order valence-corrected chi connectivity index (χ4v) is 3.96. The van der Waals surface area contributed by atoms with Crippen LogP contribution in [0.15, 0.2) is 77.7 Å². The number of carbonyl (C=O) groups excluding carboxylic acids is 1. The minimum Gasteiger partial charge on any atom is -0.324 e. The van der Waals surface area contributed by atoms with E-state index in [9.17, 15) is 13.2 Å². The van der Waals surface area contributed by atoms with Gasteiger partial charge in [-0.1, -0.05) is 41.9 Å². The fourth-order valence-electron chi connectivity index (χ4n) is 3.18. The van der Waals surface area contributed by atoms with Crippen molar-refractivity contribution in [1.82, 2.24) is 9.55 Å². The molecule has 3 aromatic carbocycles. The van der Waals surface area contributed by atoms with E-state index in [1.165, 1.54) is 18.2 Å². The molecule has 0 radical (unpaired) electrons. The lowest BCUT2D eigenvalue weighted by Gasteiger charge is -2.11. The second-order valence-electron chi connectivity index (χ2n) is 6.61. The third kappa shape index (κ3) is 4.06. The summed E-state index contributed by atoms with van der Waals surface area (Å²) in [5.41, 5.74) is 2.55. The van der Waals surface area contributed by atoms with Gasteiger partial charge in [-0.2, -0.15) is 0 Å². The molecule has 3 N–H and O–H groups in total. The number of halogens is 1. The van der Waals surface area contributed by atoms with Crippen LogP contribution < -0.4 is 10.5 Å². The lowest BCUT2D eigenvalue weighted by molar-refractivity contribution is -0.116. The highest BCUT2D eigenvalue weighted by molar-refractivity contribution is 7.89. The molecule has 0 saturated heterocycles. The Balaban J connectivity index is 1.69. The number of imidazole rings is 1. The monoisotopic (exact) mass is 440 g/mol. The largest absolute Gasteiger partial charge is 0.324 e. The Hall–Kier alpha value is -3.20. The molecule has 152 valence electrons. The Labute approximate surface area is 178 Å². The summed E-state index contributed by atoms with van der Waals surface area (Å²) in [6.07, 6.45) is 0. The number of benzene rings is 3. The number of hydrogen-bond donors (Lipinski definition) is 2. The summed E-state index contributed by atoms with van der Waals surface area (Å²) in [5.74, 6) is 0.216. The number of hydrogen-bond acceptors (Lipinski definition) is 4. The van der Waals surface area contributed by atoms with Gasteiger partial charge in [0.15, 0.2) is 0 Å². The number of anilines is 1. The van der Waals surface area contributed by atoms with Gasteiger partial charge in [0.25, 0.3) is 0 Å². The van der Waals surface area contributed by atoms with E-state index in [0.717, 1.165) is 11.0 Å². The van der Waals surface area contributed by atoms with E-state index in [2.05, 4.69) is 10.3 Å². The Morgan fingerprint density at radius 2 is 1.77 bits per heavy atom. The number of fused-ring (bicyclic) bond motifs is 1. The van der Waals surface area contributed by atoms with Crippen LogP contribution in [0.3, 0.4) is 0 Å². The third-order valence-corrected chi connectivity index (χ3v) is 5.76.